The molecular formula is C13H19NO3. The van der Waals surface area contributed by atoms with Gasteiger partial charge in [0, 0.05) is 12.1 Å². The van der Waals surface area contributed by atoms with Crippen LogP contribution in [-0.4, -0.2) is 22.2 Å². The van der Waals surface area contributed by atoms with E-state index in [-0.39, 0.29) is 29.0 Å². The highest BCUT2D eigenvalue weighted by molar-refractivity contribution is 5.97. The van der Waals surface area contributed by atoms with E-state index < -0.39 is 0 Å². The summed E-state index contributed by atoms with van der Waals surface area (Å²) in [6.07, 6.45) is 0.880. The highest BCUT2D eigenvalue weighted by atomic mass is 16.3. The van der Waals surface area contributed by atoms with E-state index in [1.54, 1.807) is 0 Å². The van der Waals surface area contributed by atoms with E-state index in [2.05, 4.69) is 19.2 Å². The standard InChI is InChI=1S/C13H19NO3/c1-8(2)6-9(3)14-13(17)11-5-4-10(15)7-12(11)16/h4-5,7-9,15-16H,6H2,1-3H3,(H,14,17). The van der Waals surface area contributed by atoms with Gasteiger partial charge in [-0.15, -0.1) is 0 Å². The minimum Gasteiger partial charge on any atom is -0.508 e. The molecule has 17 heavy (non-hydrogen) atoms. The maximum atomic E-state index is 11.8. The lowest BCUT2D eigenvalue weighted by Gasteiger charge is -2.16. The zero-order valence-corrected chi connectivity index (χ0v) is 10.4. The van der Waals surface area contributed by atoms with E-state index in [1.165, 1.54) is 12.1 Å². The van der Waals surface area contributed by atoms with Crippen molar-refractivity contribution in [3.8, 4) is 11.5 Å². The number of hydrogen-bond acceptors (Lipinski definition) is 3. The lowest BCUT2D eigenvalue weighted by Crippen LogP contribution is -2.33. The molecule has 0 aromatic heterocycles. The average Bonchev–Trinajstić information content (AvgIpc) is 2.15. The first kappa shape index (κ1) is 13.4. The van der Waals surface area contributed by atoms with Crippen LogP contribution in [0.25, 0.3) is 0 Å². The van der Waals surface area contributed by atoms with Crippen LogP contribution in [0.1, 0.15) is 37.6 Å². The molecule has 0 fully saturated rings. The maximum absolute atomic E-state index is 11.8. The third-order valence-electron chi connectivity index (χ3n) is 2.43. The van der Waals surface area contributed by atoms with Crippen molar-refractivity contribution in [2.24, 2.45) is 5.92 Å². The average molecular weight is 237 g/mol. The predicted octanol–water partition coefficient (Wildman–Crippen LogP) is 2.26. The van der Waals surface area contributed by atoms with Crippen molar-refractivity contribution >= 4 is 5.91 Å². The summed E-state index contributed by atoms with van der Waals surface area (Å²) in [6.45, 7) is 6.09. The third-order valence-corrected chi connectivity index (χ3v) is 2.43. The fraction of sp³-hybridized carbons (Fsp3) is 0.462. The summed E-state index contributed by atoms with van der Waals surface area (Å²) < 4.78 is 0. The first-order valence-electron chi connectivity index (χ1n) is 5.73. The molecule has 1 amide bonds. The summed E-state index contributed by atoms with van der Waals surface area (Å²) in [5, 5.41) is 21.5. The van der Waals surface area contributed by atoms with Gasteiger partial charge in [-0.3, -0.25) is 4.79 Å². The fourth-order valence-corrected chi connectivity index (χ4v) is 1.78. The molecule has 0 radical (unpaired) electrons. The molecule has 0 heterocycles. The molecule has 0 saturated heterocycles. The normalized spacial score (nSPS) is 12.5. The lowest BCUT2D eigenvalue weighted by molar-refractivity contribution is 0.0933. The Morgan fingerprint density at radius 2 is 1.94 bits per heavy atom. The van der Waals surface area contributed by atoms with E-state index in [0.717, 1.165) is 12.5 Å². The van der Waals surface area contributed by atoms with Gasteiger partial charge in [-0.1, -0.05) is 13.8 Å². The van der Waals surface area contributed by atoms with Crippen LogP contribution in [0.2, 0.25) is 0 Å². The topological polar surface area (TPSA) is 69.6 Å². The van der Waals surface area contributed by atoms with Gasteiger partial charge in [-0.25, -0.2) is 0 Å². The number of nitrogens with one attached hydrogen (secondary N) is 1. The highest BCUT2D eigenvalue weighted by Gasteiger charge is 2.14. The molecule has 3 N–H and O–H groups in total. The van der Waals surface area contributed by atoms with Crippen LogP contribution in [-0.2, 0) is 0 Å². The Morgan fingerprint density at radius 3 is 2.47 bits per heavy atom. The zero-order chi connectivity index (χ0) is 13.0. The number of phenolic OH excluding ortho intramolecular Hbond substituents is 2. The van der Waals surface area contributed by atoms with E-state index in [9.17, 15) is 9.90 Å². The van der Waals surface area contributed by atoms with Gasteiger partial charge >= 0.3 is 0 Å². The highest BCUT2D eigenvalue weighted by Crippen LogP contribution is 2.22. The van der Waals surface area contributed by atoms with Gasteiger partial charge in [-0.05, 0) is 31.4 Å². The Balaban J connectivity index is 2.70. The van der Waals surface area contributed by atoms with Crippen LogP contribution in [0.4, 0.5) is 0 Å². The lowest BCUT2D eigenvalue weighted by atomic mass is 10.0. The second-order valence-corrected chi connectivity index (χ2v) is 4.71. The van der Waals surface area contributed by atoms with Crippen LogP contribution in [0.5, 0.6) is 11.5 Å². The Labute approximate surface area is 101 Å². The van der Waals surface area contributed by atoms with Gasteiger partial charge < -0.3 is 15.5 Å². The molecule has 1 aromatic carbocycles. The largest absolute Gasteiger partial charge is 0.508 e. The SMILES string of the molecule is CC(C)CC(C)NC(=O)c1ccc(O)cc1O. The molecule has 4 heteroatoms. The van der Waals surface area contributed by atoms with Crippen molar-refractivity contribution < 1.29 is 15.0 Å². The Kier molecular flexibility index (Phi) is 4.37. The number of aromatic hydroxyl groups is 2. The number of carbonyl (C=O) groups is 1. The molecule has 1 rings (SSSR count). The number of rotatable bonds is 4. The Morgan fingerprint density at radius 1 is 1.29 bits per heavy atom. The first-order chi connectivity index (χ1) is 7.90. The number of benzene rings is 1. The van der Waals surface area contributed by atoms with Crippen molar-refractivity contribution in [1.29, 1.82) is 0 Å². The second-order valence-electron chi connectivity index (χ2n) is 4.71. The van der Waals surface area contributed by atoms with Gasteiger partial charge in [0.2, 0.25) is 0 Å². The maximum Gasteiger partial charge on any atom is 0.255 e. The van der Waals surface area contributed by atoms with E-state index in [0.29, 0.717) is 5.92 Å². The summed E-state index contributed by atoms with van der Waals surface area (Å²) in [7, 11) is 0. The molecule has 0 aliphatic heterocycles. The molecule has 4 nitrogen and oxygen atoms in total. The van der Waals surface area contributed by atoms with Crippen LogP contribution < -0.4 is 5.32 Å². The number of carbonyl (C=O) groups excluding carboxylic acids is 1. The Hall–Kier alpha value is -1.71. The predicted molar refractivity (Wildman–Crippen MR) is 66.2 cm³/mol. The van der Waals surface area contributed by atoms with Crippen molar-refractivity contribution in [2.75, 3.05) is 0 Å². The summed E-state index contributed by atoms with van der Waals surface area (Å²) >= 11 is 0. The van der Waals surface area contributed by atoms with Gasteiger partial charge in [-0.2, -0.15) is 0 Å². The summed E-state index contributed by atoms with van der Waals surface area (Å²) in [5.41, 5.74) is 0.179. The zero-order valence-electron chi connectivity index (χ0n) is 10.4. The molecule has 0 spiro atoms. The molecule has 94 valence electrons. The number of phenols is 2. The van der Waals surface area contributed by atoms with E-state index in [4.69, 9.17) is 5.11 Å². The van der Waals surface area contributed by atoms with Crippen LogP contribution in [0.15, 0.2) is 18.2 Å². The third kappa shape index (κ3) is 3.98. The molecule has 0 aliphatic rings. The molecular weight excluding hydrogens is 218 g/mol. The quantitative estimate of drug-likeness (QED) is 0.752. The van der Waals surface area contributed by atoms with Crippen LogP contribution >= 0.6 is 0 Å². The van der Waals surface area contributed by atoms with Crippen molar-refractivity contribution in [2.45, 2.75) is 33.2 Å². The summed E-state index contributed by atoms with van der Waals surface area (Å²) in [4.78, 5) is 11.8. The minimum absolute atomic E-state index is 0.0516. The molecule has 0 bridgehead atoms. The van der Waals surface area contributed by atoms with Gasteiger partial charge in [0.05, 0.1) is 5.56 Å². The Bertz CT molecular complexity index is 402. The van der Waals surface area contributed by atoms with Gasteiger partial charge in [0.15, 0.2) is 0 Å². The molecule has 1 atom stereocenters. The van der Waals surface area contributed by atoms with Crippen LogP contribution in [0.3, 0.4) is 0 Å². The molecule has 1 unspecified atom stereocenters. The second kappa shape index (κ2) is 5.57. The molecule has 0 aliphatic carbocycles. The van der Waals surface area contributed by atoms with Crippen molar-refractivity contribution in [1.82, 2.24) is 5.32 Å². The van der Waals surface area contributed by atoms with Crippen molar-refractivity contribution in [3.05, 3.63) is 23.8 Å². The van der Waals surface area contributed by atoms with Gasteiger partial charge in [0.1, 0.15) is 11.5 Å². The smallest absolute Gasteiger partial charge is 0.255 e. The monoisotopic (exact) mass is 237 g/mol. The first-order valence-corrected chi connectivity index (χ1v) is 5.73. The molecule has 0 saturated carbocycles. The molecule has 1 aromatic rings. The minimum atomic E-state index is -0.323. The summed E-state index contributed by atoms with van der Waals surface area (Å²) in [6, 6.07) is 3.99. The number of amides is 1. The van der Waals surface area contributed by atoms with Gasteiger partial charge in [0.25, 0.3) is 5.91 Å². The van der Waals surface area contributed by atoms with E-state index in [1.807, 2.05) is 6.92 Å². The van der Waals surface area contributed by atoms with Crippen LogP contribution in [0, 0.1) is 5.92 Å². The van der Waals surface area contributed by atoms with Crippen molar-refractivity contribution in [3.63, 3.8) is 0 Å². The summed E-state index contributed by atoms with van der Waals surface area (Å²) in [5.74, 6) is -0.0945. The fourth-order valence-electron chi connectivity index (χ4n) is 1.78. The van der Waals surface area contributed by atoms with E-state index >= 15 is 0 Å². The number of hydrogen-bond donors (Lipinski definition) is 3.